The number of rotatable bonds is 5. The molecule has 1 aromatic rings. The minimum absolute atomic E-state index is 0.00500. The number of nitrogens with one attached hydrogen (secondary N) is 2. The number of carbonyl (C=O) groups is 2. The van der Waals surface area contributed by atoms with Crippen molar-refractivity contribution in [2.24, 2.45) is 11.1 Å². The Labute approximate surface area is 132 Å². The summed E-state index contributed by atoms with van der Waals surface area (Å²) in [5.41, 5.74) is 7.51. The van der Waals surface area contributed by atoms with Crippen molar-refractivity contribution < 1.29 is 9.59 Å². The Hall–Kier alpha value is -1.88. The Morgan fingerprint density at radius 2 is 1.86 bits per heavy atom. The third-order valence-electron chi connectivity index (χ3n) is 3.28. The molecule has 0 aliphatic heterocycles. The van der Waals surface area contributed by atoms with Gasteiger partial charge in [0.25, 0.3) is 0 Å². The van der Waals surface area contributed by atoms with Gasteiger partial charge in [-0.05, 0) is 38.0 Å². The molecular weight excluding hydrogens is 278 g/mol. The largest absolute Gasteiger partial charge is 0.328 e. The van der Waals surface area contributed by atoms with Crippen LogP contribution in [0.15, 0.2) is 18.2 Å². The highest BCUT2D eigenvalue weighted by Gasteiger charge is 2.21. The molecule has 0 bridgehead atoms. The molecule has 1 atom stereocenters. The second-order valence-corrected chi connectivity index (χ2v) is 6.80. The third kappa shape index (κ3) is 5.85. The van der Waals surface area contributed by atoms with Crippen molar-refractivity contribution in [3.8, 4) is 0 Å². The minimum Gasteiger partial charge on any atom is -0.328 e. The maximum absolute atomic E-state index is 12.1. The van der Waals surface area contributed by atoms with Crippen LogP contribution in [-0.4, -0.2) is 17.9 Å². The molecule has 0 aliphatic carbocycles. The first-order valence-corrected chi connectivity index (χ1v) is 7.57. The van der Waals surface area contributed by atoms with Crippen molar-refractivity contribution in [3.63, 3.8) is 0 Å². The van der Waals surface area contributed by atoms with Crippen molar-refractivity contribution >= 4 is 23.2 Å². The molecule has 0 saturated carbocycles. The Morgan fingerprint density at radius 3 is 2.41 bits per heavy atom. The Kier molecular flexibility index (Phi) is 6.11. The van der Waals surface area contributed by atoms with Crippen LogP contribution in [0.25, 0.3) is 0 Å². The van der Waals surface area contributed by atoms with Crippen LogP contribution < -0.4 is 16.4 Å². The van der Waals surface area contributed by atoms with Crippen LogP contribution in [0.2, 0.25) is 0 Å². The SMILES string of the molecule is Cc1ccc(NC(=O)CCC(C)N)cc1NC(=O)C(C)(C)C. The van der Waals surface area contributed by atoms with Gasteiger partial charge >= 0.3 is 0 Å². The lowest BCUT2D eigenvalue weighted by atomic mass is 9.95. The number of hydrogen-bond donors (Lipinski definition) is 3. The van der Waals surface area contributed by atoms with Gasteiger partial charge < -0.3 is 16.4 Å². The van der Waals surface area contributed by atoms with Gasteiger partial charge in [-0.3, -0.25) is 9.59 Å². The quantitative estimate of drug-likeness (QED) is 0.781. The average Bonchev–Trinajstić information content (AvgIpc) is 2.39. The van der Waals surface area contributed by atoms with Crippen LogP contribution in [0.3, 0.4) is 0 Å². The van der Waals surface area contributed by atoms with Crippen LogP contribution >= 0.6 is 0 Å². The van der Waals surface area contributed by atoms with E-state index in [9.17, 15) is 9.59 Å². The molecule has 1 unspecified atom stereocenters. The summed E-state index contributed by atoms with van der Waals surface area (Å²) in [6.45, 7) is 9.37. The van der Waals surface area contributed by atoms with Crippen LogP contribution in [0.1, 0.15) is 46.1 Å². The summed E-state index contributed by atoms with van der Waals surface area (Å²) in [4.78, 5) is 23.9. The van der Waals surface area contributed by atoms with Crippen molar-refractivity contribution in [3.05, 3.63) is 23.8 Å². The normalized spacial score (nSPS) is 12.6. The molecular formula is C17H27N3O2. The molecule has 2 amide bonds. The third-order valence-corrected chi connectivity index (χ3v) is 3.28. The van der Waals surface area contributed by atoms with E-state index in [-0.39, 0.29) is 17.9 Å². The molecule has 5 nitrogen and oxygen atoms in total. The maximum atomic E-state index is 12.1. The van der Waals surface area contributed by atoms with Crippen molar-refractivity contribution in [2.45, 2.75) is 53.5 Å². The lowest BCUT2D eigenvalue weighted by Crippen LogP contribution is -2.28. The first-order chi connectivity index (χ1) is 10.1. The molecule has 0 aromatic heterocycles. The topological polar surface area (TPSA) is 84.2 Å². The number of amides is 2. The van der Waals surface area contributed by atoms with Crippen LogP contribution in [0.5, 0.6) is 0 Å². The van der Waals surface area contributed by atoms with E-state index in [1.807, 2.05) is 46.8 Å². The van der Waals surface area contributed by atoms with Gasteiger partial charge in [0, 0.05) is 29.3 Å². The highest BCUT2D eigenvalue weighted by molar-refractivity contribution is 5.97. The number of hydrogen-bond acceptors (Lipinski definition) is 3. The zero-order valence-electron chi connectivity index (χ0n) is 14.1. The summed E-state index contributed by atoms with van der Waals surface area (Å²) >= 11 is 0. The van der Waals surface area contributed by atoms with Gasteiger partial charge in [0.2, 0.25) is 11.8 Å². The fourth-order valence-electron chi connectivity index (χ4n) is 1.73. The molecule has 122 valence electrons. The predicted molar refractivity (Wildman–Crippen MR) is 90.8 cm³/mol. The fraction of sp³-hybridized carbons (Fsp3) is 0.529. The number of benzene rings is 1. The van der Waals surface area contributed by atoms with Gasteiger partial charge in [0.05, 0.1) is 0 Å². The van der Waals surface area contributed by atoms with Crippen LogP contribution in [0, 0.1) is 12.3 Å². The molecule has 5 heteroatoms. The molecule has 0 aliphatic rings. The van der Waals surface area contributed by atoms with E-state index in [1.54, 1.807) is 6.07 Å². The van der Waals surface area contributed by atoms with Gasteiger partial charge in [0.1, 0.15) is 0 Å². The first kappa shape index (κ1) is 18.2. The molecule has 1 aromatic carbocycles. The van der Waals surface area contributed by atoms with E-state index in [4.69, 9.17) is 5.73 Å². The second kappa shape index (κ2) is 7.40. The second-order valence-electron chi connectivity index (χ2n) is 6.80. The number of aryl methyl sites for hydroxylation is 1. The molecule has 0 spiro atoms. The number of nitrogens with two attached hydrogens (primary N) is 1. The van der Waals surface area contributed by atoms with Gasteiger partial charge in [-0.2, -0.15) is 0 Å². The van der Waals surface area contributed by atoms with Crippen molar-refractivity contribution in [1.82, 2.24) is 0 Å². The van der Waals surface area contributed by atoms with E-state index >= 15 is 0 Å². The van der Waals surface area contributed by atoms with Gasteiger partial charge in [0.15, 0.2) is 0 Å². The van der Waals surface area contributed by atoms with E-state index in [1.165, 1.54) is 0 Å². The Bertz CT molecular complexity index is 545. The van der Waals surface area contributed by atoms with Gasteiger partial charge in [-0.25, -0.2) is 0 Å². The summed E-state index contributed by atoms with van der Waals surface area (Å²) in [7, 11) is 0. The first-order valence-electron chi connectivity index (χ1n) is 7.57. The van der Waals surface area contributed by atoms with Crippen molar-refractivity contribution in [1.29, 1.82) is 0 Å². The lowest BCUT2D eigenvalue weighted by molar-refractivity contribution is -0.123. The smallest absolute Gasteiger partial charge is 0.229 e. The summed E-state index contributed by atoms with van der Waals surface area (Å²) < 4.78 is 0. The van der Waals surface area contributed by atoms with E-state index in [0.717, 1.165) is 5.56 Å². The van der Waals surface area contributed by atoms with Crippen LogP contribution in [-0.2, 0) is 9.59 Å². The molecule has 0 fully saturated rings. The zero-order chi connectivity index (χ0) is 16.9. The van der Waals surface area contributed by atoms with Crippen LogP contribution in [0.4, 0.5) is 11.4 Å². The lowest BCUT2D eigenvalue weighted by Gasteiger charge is -2.19. The Morgan fingerprint density at radius 1 is 1.23 bits per heavy atom. The molecule has 0 radical (unpaired) electrons. The van der Waals surface area contributed by atoms with Crippen molar-refractivity contribution in [2.75, 3.05) is 10.6 Å². The number of carbonyl (C=O) groups excluding carboxylic acids is 2. The zero-order valence-corrected chi connectivity index (χ0v) is 14.1. The van der Waals surface area contributed by atoms with E-state index < -0.39 is 5.41 Å². The van der Waals surface area contributed by atoms with E-state index in [2.05, 4.69) is 10.6 Å². The van der Waals surface area contributed by atoms with Gasteiger partial charge in [-0.1, -0.05) is 26.8 Å². The Balaban J connectivity index is 2.77. The molecule has 22 heavy (non-hydrogen) atoms. The molecule has 4 N–H and O–H groups in total. The summed E-state index contributed by atoms with van der Waals surface area (Å²) in [5, 5.41) is 5.73. The van der Waals surface area contributed by atoms with Gasteiger partial charge in [-0.15, -0.1) is 0 Å². The summed E-state index contributed by atoms with van der Waals surface area (Å²) in [6, 6.07) is 5.49. The maximum Gasteiger partial charge on any atom is 0.229 e. The van der Waals surface area contributed by atoms with E-state index in [0.29, 0.717) is 24.2 Å². The predicted octanol–water partition coefficient (Wildman–Crippen LogP) is 3.05. The average molecular weight is 305 g/mol. The standard InChI is InChI=1S/C17H27N3O2/c1-11-6-8-13(19-15(21)9-7-12(2)18)10-14(11)20-16(22)17(3,4)5/h6,8,10,12H,7,9,18H2,1-5H3,(H,19,21)(H,20,22). The monoisotopic (exact) mass is 305 g/mol. The minimum atomic E-state index is -0.469. The summed E-state index contributed by atoms with van der Waals surface area (Å²) in [6.07, 6.45) is 1.03. The fourth-order valence-corrected chi connectivity index (χ4v) is 1.73. The number of anilines is 2. The highest BCUT2D eigenvalue weighted by Crippen LogP contribution is 2.23. The summed E-state index contributed by atoms with van der Waals surface area (Å²) in [5.74, 6) is -0.134. The molecule has 1 rings (SSSR count). The molecule has 0 saturated heterocycles. The molecule has 0 heterocycles. The highest BCUT2D eigenvalue weighted by atomic mass is 16.2.